The molecule has 9 aromatic rings. The minimum Gasteiger partial charge on any atom is -0.435 e. The number of rotatable bonds is 7. The van der Waals surface area contributed by atoms with Gasteiger partial charge in [0.15, 0.2) is 5.58 Å². The second kappa shape index (κ2) is 13.8. The molecule has 0 fully saturated rings. The van der Waals surface area contributed by atoms with E-state index in [9.17, 15) is 0 Å². The standard InChI is InChI=1S/C52H38N2O/c1-35-15-27-45(28-16-35)54(47-31-25-39(26-32-47)43-22-19-36-9-5-6-12-42(36)33-43)46-29-23-38(24-30-46)37-17-20-40(21-18-37)49-34-44-13-7-8-14-48(44)51-50(49)53-52(55-51)41-10-3-2-4-11-41/h2-15,17-35H,16H2,1H3. The van der Waals surface area contributed by atoms with Gasteiger partial charge in [0.05, 0.1) is 0 Å². The maximum atomic E-state index is 6.45. The Labute approximate surface area is 321 Å². The van der Waals surface area contributed by atoms with E-state index in [0.29, 0.717) is 11.8 Å². The number of hydrogen-bond acceptors (Lipinski definition) is 3. The largest absolute Gasteiger partial charge is 0.435 e. The molecule has 8 aromatic carbocycles. The summed E-state index contributed by atoms with van der Waals surface area (Å²) in [5.74, 6) is 1.17. The van der Waals surface area contributed by atoms with E-state index in [4.69, 9.17) is 9.40 Å². The number of nitrogens with zero attached hydrogens (tertiary/aromatic N) is 2. The normalized spacial score (nSPS) is 14.1. The van der Waals surface area contributed by atoms with Gasteiger partial charge in [-0.2, -0.15) is 0 Å². The van der Waals surface area contributed by atoms with E-state index < -0.39 is 0 Å². The van der Waals surface area contributed by atoms with E-state index in [1.807, 2.05) is 30.3 Å². The van der Waals surface area contributed by atoms with E-state index in [1.54, 1.807) is 0 Å². The molecule has 0 saturated heterocycles. The first-order valence-electron chi connectivity index (χ1n) is 19.0. The topological polar surface area (TPSA) is 29.3 Å². The van der Waals surface area contributed by atoms with Crippen LogP contribution in [0.15, 0.2) is 204 Å². The Morgan fingerprint density at radius 2 is 1.11 bits per heavy atom. The van der Waals surface area contributed by atoms with Crippen LogP contribution >= 0.6 is 0 Å². The van der Waals surface area contributed by atoms with Crippen LogP contribution in [0.3, 0.4) is 0 Å². The summed E-state index contributed by atoms with van der Waals surface area (Å²) in [4.78, 5) is 7.40. The number of fused-ring (bicyclic) bond motifs is 4. The fourth-order valence-electron chi connectivity index (χ4n) is 7.81. The van der Waals surface area contributed by atoms with Gasteiger partial charge in [-0.3, -0.25) is 0 Å². The van der Waals surface area contributed by atoms with Gasteiger partial charge in [-0.1, -0.05) is 146 Å². The molecule has 1 unspecified atom stereocenters. The van der Waals surface area contributed by atoms with Crippen LogP contribution in [0.2, 0.25) is 0 Å². The summed E-state index contributed by atoms with van der Waals surface area (Å²) < 4.78 is 6.45. The third kappa shape index (κ3) is 6.20. The lowest BCUT2D eigenvalue weighted by atomic mass is 9.96. The maximum absolute atomic E-state index is 6.45. The molecule has 0 bridgehead atoms. The summed E-state index contributed by atoms with van der Waals surface area (Å²) in [6.45, 7) is 2.27. The molecule has 0 aliphatic heterocycles. The zero-order valence-electron chi connectivity index (χ0n) is 30.6. The maximum Gasteiger partial charge on any atom is 0.227 e. The highest BCUT2D eigenvalue weighted by molar-refractivity contribution is 6.10. The van der Waals surface area contributed by atoms with Crippen molar-refractivity contribution >= 4 is 44.0 Å². The Morgan fingerprint density at radius 1 is 0.527 bits per heavy atom. The van der Waals surface area contributed by atoms with E-state index in [2.05, 4.69) is 176 Å². The van der Waals surface area contributed by atoms with Gasteiger partial charge >= 0.3 is 0 Å². The van der Waals surface area contributed by atoms with Crippen LogP contribution in [0.25, 0.3) is 77.5 Å². The molecule has 10 rings (SSSR count). The van der Waals surface area contributed by atoms with Crippen molar-refractivity contribution in [3.8, 4) is 44.8 Å². The van der Waals surface area contributed by atoms with E-state index in [-0.39, 0.29) is 0 Å². The van der Waals surface area contributed by atoms with Crippen LogP contribution in [0.1, 0.15) is 13.3 Å². The van der Waals surface area contributed by atoms with E-state index >= 15 is 0 Å². The molecule has 1 aliphatic carbocycles. The zero-order chi connectivity index (χ0) is 36.7. The second-order valence-corrected chi connectivity index (χ2v) is 14.5. The molecule has 1 heterocycles. The van der Waals surface area contributed by atoms with E-state index in [0.717, 1.165) is 61.9 Å². The predicted molar refractivity (Wildman–Crippen MR) is 230 cm³/mol. The van der Waals surface area contributed by atoms with Crippen molar-refractivity contribution in [1.29, 1.82) is 0 Å². The van der Waals surface area contributed by atoms with Gasteiger partial charge in [-0.05, 0) is 111 Å². The highest BCUT2D eigenvalue weighted by Crippen LogP contribution is 2.39. The van der Waals surface area contributed by atoms with Gasteiger partial charge in [-0.15, -0.1) is 0 Å². The van der Waals surface area contributed by atoms with Crippen LogP contribution in [0.4, 0.5) is 11.4 Å². The van der Waals surface area contributed by atoms with Crippen LogP contribution < -0.4 is 4.90 Å². The van der Waals surface area contributed by atoms with Crippen LogP contribution in [0, 0.1) is 5.92 Å². The van der Waals surface area contributed by atoms with Gasteiger partial charge in [0.2, 0.25) is 5.89 Å². The van der Waals surface area contributed by atoms with Gasteiger partial charge in [0, 0.05) is 33.6 Å². The Balaban J connectivity index is 0.964. The molecule has 55 heavy (non-hydrogen) atoms. The lowest BCUT2D eigenvalue weighted by Gasteiger charge is -2.29. The lowest BCUT2D eigenvalue weighted by Crippen LogP contribution is -2.17. The highest BCUT2D eigenvalue weighted by Gasteiger charge is 2.18. The molecule has 262 valence electrons. The van der Waals surface area contributed by atoms with Crippen molar-refractivity contribution in [3.63, 3.8) is 0 Å². The molecule has 0 spiro atoms. The SMILES string of the molecule is CC1C=CC(N(c2ccc(-c3ccc(-c4cc5ccccc5c5oc(-c6ccccc6)nc45)cc3)cc2)c2ccc(-c3ccc4ccccc4c3)cc2)=CC1. The second-order valence-electron chi connectivity index (χ2n) is 14.5. The van der Waals surface area contributed by atoms with Crippen molar-refractivity contribution in [2.24, 2.45) is 5.92 Å². The smallest absolute Gasteiger partial charge is 0.227 e. The molecular weight excluding hydrogens is 669 g/mol. The molecule has 0 N–H and O–H groups in total. The van der Waals surface area contributed by atoms with Crippen molar-refractivity contribution in [2.45, 2.75) is 13.3 Å². The zero-order valence-corrected chi connectivity index (χ0v) is 30.6. The Bertz CT molecular complexity index is 2880. The molecule has 0 radical (unpaired) electrons. The quantitative estimate of drug-likeness (QED) is 0.165. The summed E-state index contributed by atoms with van der Waals surface area (Å²) in [5, 5.41) is 4.71. The molecule has 1 aliphatic rings. The summed E-state index contributed by atoms with van der Waals surface area (Å²) in [6, 6.07) is 62.7. The number of hydrogen-bond donors (Lipinski definition) is 0. The number of aromatic nitrogens is 1. The monoisotopic (exact) mass is 706 g/mol. The third-order valence-electron chi connectivity index (χ3n) is 10.8. The van der Waals surface area contributed by atoms with Crippen LogP contribution in [-0.2, 0) is 0 Å². The summed E-state index contributed by atoms with van der Waals surface area (Å²) in [6.07, 6.45) is 7.95. The molecule has 3 nitrogen and oxygen atoms in total. The number of allylic oxidation sites excluding steroid dienone is 3. The van der Waals surface area contributed by atoms with Gasteiger partial charge in [0.1, 0.15) is 5.52 Å². The summed E-state index contributed by atoms with van der Waals surface area (Å²) in [7, 11) is 0. The first kappa shape index (κ1) is 32.7. The number of benzene rings is 8. The third-order valence-corrected chi connectivity index (χ3v) is 10.8. The number of anilines is 2. The molecular formula is C52H38N2O. The highest BCUT2D eigenvalue weighted by atomic mass is 16.3. The van der Waals surface area contributed by atoms with Crippen molar-refractivity contribution < 1.29 is 4.42 Å². The van der Waals surface area contributed by atoms with Gasteiger partial charge in [-0.25, -0.2) is 4.98 Å². The van der Waals surface area contributed by atoms with Crippen LogP contribution in [-0.4, -0.2) is 4.98 Å². The Morgan fingerprint density at radius 3 is 1.80 bits per heavy atom. The average molecular weight is 707 g/mol. The fraction of sp³-hybridized carbons (Fsp3) is 0.0577. The number of oxazole rings is 1. The molecule has 0 saturated carbocycles. The van der Waals surface area contributed by atoms with E-state index in [1.165, 1.54) is 33.2 Å². The first-order valence-corrected chi connectivity index (χ1v) is 19.0. The van der Waals surface area contributed by atoms with Crippen molar-refractivity contribution in [1.82, 2.24) is 4.98 Å². The first-order chi connectivity index (χ1) is 27.1. The summed E-state index contributed by atoms with van der Waals surface area (Å²) in [5.41, 5.74) is 13.0. The molecule has 1 atom stereocenters. The minimum absolute atomic E-state index is 0.534. The van der Waals surface area contributed by atoms with Crippen molar-refractivity contribution in [2.75, 3.05) is 4.90 Å². The summed E-state index contributed by atoms with van der Waals surface area (Å²) >= 11 is 0. The van der Waals surface area contributed by atoms with Gasteiger partial charge in [0.25, 0.3) is 0 Å². The van der Waals surface area contributed by atoms with Crippen LogP contribution in [0.5, 0.6) is 0 Å². The molecule has 3 heteroatoms. The Kier molecular flexibility index (Phi) is 8.18. The van der Waals surface area contributed by atoms with Gasteiger partial charge < -0.3 is 9.32 Å². The predicted octanol–water partition coefficient (Wildman–Crippen LogP) is 14.4. The van der Waals surface area contributed by atoms with Crippen molar-refractivity contribution in [3.05, 3.63) is 200 Å². The lowest BCUT2D eigenvalue weighted by molar-refractivity contribution is 0.623. The Hall–Kier alpha value is -6.97. The molecule has 0 amide bonds. The molecule has 1 aromatic heterocycles. The average Bonchev–Trinajstić information content (AvgIpc) is 3.71. The minimum atomic E-state index is 0.534. The fourth-order valence-corrected chi connectivity index (χ4v) is 7.81.